The maximum Gasteiger partial charge on any atom is 0.352 e. The van der Waals surface area contributed by atoms with E-state index in [4.69, 9.17) is 15.7 Å². The standard InChI is InChI=1S/C8H14N3O6P/c1-18(14,15)17-16-6(5-12)4-11-3-2-7(9)10-8(11)13/h2-3,6,12H,4-5H2,1H3,(H,14,15)(H2,9,10,13)/t6-/m0/s1. The first-order valence-corrected chi connectivity index (χ1v) is 6.93. The number of rotatable bonds is 6. The zero-order chi connectivity index (χ0) is 13.8. The highest BCUT2D eigenvalue weighted by molar-refractivity contribution is 7.51. The van der Waals surface area contributed by atoms with Crippen LogP contribution in [0.3, 0.4) is 0 Å². The molecule has 0 saturated carbocycles. The second kappa shape index (κ2) is 6.07. The molecule has 9 nitrogen and oxygen atoms in total. The Kier molecular flexibility index (Phi) is 5.00. The molecule has 0 saturated heterocycles. The van der Waals surface area contributed by atoms with E-state index in [0.717, 1.165) is 11.2 Å². The number of anilines is 1. The highest BCUT2D eigenvalue weighted by atomic mass is 31.2. The Morgan fingerprint density at radius 1 is 1.67 bits per heavy atom. The van der Waals surface area contributed by atoms with Gasteiger partial charge in [-0.3, -0.25) is 9.13 Å². The monoisotopic (exact) mass is 279 g/mol. The number of hydrogen-bond donors (Lipinski definition) is 3. The van der Waals surface area contributed by atoms with E-state index in [1.807, 2.05) is 0 Å². The van der Waals surface area contributed by atoms with Gasteiger partial charge in [0.05, 0.1) is 13.2 Å². The van der Waals surface area contributed by atoms with Crippen LogP contribution in [0, 0.1) is 0 Å². The molecule has 1 unspecified atom stereocenters. The van der Waals surface area contributed by atoms with Crippen LogP contribution in [-0.2, 0) is 20.7 Å². The van der Waals surface area contributed by atoms with Crippen molar-refractivity contribution < 1.29 is 24.1 Å². The number of aliphatic hydroxyl groups is 1. The molecule has 18 heavy (non-hydrogen) atoms. The van der Waals surface area contributed by atoms with Gasteiger partial charge >= 0.3 is 13.3 Å². The molecule has 1 rings (SSSR count). The first kappa shape index (κ1) is 14.8. The number of nitrogen functional groups attached to an aromatic ring is 1. The molecule has 1 aromatic rings. The van der Waals surface area contributed by atoms with Crippen molar-refractivity contribution >= 4 is 13.4 Å². The van der Waals surface area contributed by atoms with Crippen molar-refractivity contribution in [3.05, 3.63) is 22.7 Å². The highest BCUT2D eigenvalue weighted by Gasteiger charge is 2.17. The van der Waals surface area contributed by atoms with Crippen LogP contribution in [-0.4, -0.2) is 38.9 Å². The van der Waals surface area contributed by atoms with Gasteiger partial charge in [0.2, 0.25) is 0 Å². The largest absolute Gasteiger partial charge is 0.393 e. The molecule has 0 fully saturated rings. The lowest BCUT2D eigenvalue weighted by Crippen LogP contribution is -2.31. The van der Waals surface area contributed by atoms with E-state index in [1.54, 1.807) is 0 Å². The van der Waals surface area contributed by atoms with E-state index in [0.29, 0.717) is 0 Å². The molecule has 4 N–H and O–H groups in total. The van der Waals surface area contributed by atoms with Gasteiger partial charge in [-0.25, -0.2) is 9.68 Å². The molecule has 0 bridgehead atoms. The maximum absolute atomic E-state index is 11.4. The number of nitrogens with two attached hydrogens (primary N) is 1. The zero-order valence-corrected chi connectivity index (χ0v) is 10.5. The minimum absolute atomic E-state index is 0.0717. The van der Waals surface area contributed by atoms with E-state index in [1.165, 1.54) is 12.3 Å². The molecule has 0 aliphatic rings. The van der Waals surface area contributed by atoms with E-state index < -0.39 is 26.0 Å². The summed E-state index contributed by atoms with van der Waals surface area (Å²) < 4.78 is 16.2. The lowest BCUT2D eigenvalue weighted by molar-refractivity contribution is -0.259. The molecule has 0 aliphatic heterocycles. The van der Waals surface area contributed by atoms with Crippen LogP contribution in [0.4, 0.5) is 5.82 Å². The summed E-state index contributed by atoms with van der Waals surface area (Å²) in [5.74, 6) is 0.0717. The van der Waals surface area contributed by atoms with Crippen LogP contribution < -0.4 is 11.4 Å². The number of nitrogens with zero attached hydrogens (tertiary/aromatic N) is 2. The van der Waals surface area contributed by atoms with Crippen LogP contribution in [0.1, 0.15) is 0 Å². The third-order valence-corrected chi connectivity index (χ3v) is 2.18. The van der Waals surface area contributed by atoms with Gasteiger partial charge in [-0.2, -0.15) is 4.98 Å². The Morgan fingerprint density at radius 2 is 2.33 bits per heavy atom. The van der Waals surface area contributed by atoms with Gasteiger partial charge in [-0.1, -0.05) is 0 Å². The maximum atomic E-state index is 11.4. The average Bonchev–Trinajstić information content (AvgIpc) is 2.25. The molecule has 102 valence electrons. The quantitative estimate of drug-likeness (QED) is 0.341. The fourth-order valence-corrected chi connectivity index (χ4v) is 1.34. The Hall–Kier alpha value is -1.25. The molecule has 0 radical (unpaired) electrons. The predicted molar refractivity (Wildman–Crippen MR) is 61.7 cm³/mol. The van der Waals surface area contributed by atoms with Crippen molar-refractivity contribution in [2.45, 2.75) is 12.6 Å². The summed E-state index contributed by atoms with van der Waals surface area (Å²) in [6, 6.07) is 1.40. The summed E-state index contributed by atoms with van der Waals surface area (Å²) in [5.41, 5.74) is 4.68. The molecule has 0 aliphatic carbocycles. The second-order valence-corrected chi connectivity index (χ2v) is 5.32. The number of hydrogen-bond acceptors (Lipinski definition) is 7. The van der Waals surface area contributed by atoms with Crippen molar-refractivity contribution in [2.75, 3.05) is 19.0 Å². The van der Waals surface area contributed by atoms with Crippen molar-refractivity contribution in [3.63, 3.8) is 0 Å². The first-order valence-electron chi connectivity index (χ1n) is 4.91. The molecule has 0 spiro atoms. The molecule has 0 aromatic carbocycles. The zero-order valence-electron chi connectivity index (χ0n) is 9.59. The third-order valence-electron chi connectivity index (χ3n) is 1.82. The van der Waals surface area contributed by atoms with Gasteiger partial charge < -0.3 is 15.7 Å². The second-order valence-electron chi connectivity index (χ2n) is 3.57. The van der Waals surface area contributed by atoms with Crippen LogP contribution in [0.5, 0.6) is 0 Å². The number of aliphatic hydroxyl groups excluding tert-OH is 1. The van der Waals surface area contributed by atoms with Crippen LogP contribution in [0.15, 0.2) is 17.1 Å². The molecule has 10 heteroatoms. The smallest absolute Gasteiger partial charge is 0.352 e. The van der Waals surface area contributed by atoms with Crippen LogP contribution in [0.25, 0.3) is 0 Å². The normalized spacial score (nSPS) is 16.2. The minimum atomic E-state index is -3.81. The van der Waals surface area contributed by atoms with Gasteiger partial charge in [0.25, 0.3) is 0 Å². The van der Waals surface area contributed by atoms with E-state index in [-0.39, 0.29) is 12.4 Å². The van der Waals surface area contributed by atoms with E-state index in [9.17, 15) is 9.36 Å². The van der Waals surface area contributed by atoms with Crippen LogP contribution >= 0.6 is 7.60 Å². The lowest BCUT2D eigenvalue weighted by Gasteiger charge is -2.15. The SMILES string of the molecule is CP(=O)(O)OO[C@H](CO)Cn1ccc(N)nc1=O. The predicted octanol–water partition coefficient (Wildman–Crippen LogP) is -1.05. The minimum Gasteiger partial charge on any atom is -0.393 e. The molecule has 2 atom stereocenters. The molecular formula is C8H14N3O6P. The summed E-state index contributed by atoms with van der Waals surface area (Å²) in [4.78, 5) is 28.3. The van der Waals surface area contributed by atoms with Crippen molar-refractivity contribution in [1.29, 1.82) is 0 Å². The van der Waals surface area contributed by atoms with Crippen molar-refractivity contribution in [2.24, 2.45) is 0 Å². The molecule has 0 amide bonds. The van der Waals surface area contributed by atoms with Crippen molar-refractivity contribution in [1.82, 2.24) is 9.55 Å². The van der Waals surface area contributed by atoms with Gasteiger partial charge in [0.1, 0.15) is 11.9 Å². The topological polar surface area (TPSA) is 137 Å². The Labute approximate surface area is 102 Å². The Bertz CT molecular complexity index is 498. The van der Waals surface area contributed by atoms with Crippen LogP contribution in [0.2, 0.25) is 0 Å². The Morgan fingerprint density at radius 3 is 2.83 bits per heavy atom. The summed E-state index contributed by atoms with van der Waals surface area (Å²) in [5, 5.41) is 8.99. The van der Waals surface area contributed by atoms with Crippen molar-refractivity contribution in [3.8, 4) is 0 Å². The fraction of sp³-hybridized carbons (Fsp3) is 0.500. The van der Waals surface area contributed by atoms with Gasteiger partial charge in [0.15, 0.2) is 0 Å². The first-order chi connectivity index (χ1) is 8.31. The third kappa shape index (κ3) is 4.94. The summed E-state index contributed by atoms with van der Waals surface area (Å²) in [6.45, 7) is 0.331. The molecular weight excluding hydrogens is 265 g/mol. The summed E-state index contributed by atoms with van der Waals surface area (Å²) >= 11 is 0. The summed E-state index contributed by atoms with van der Waals surface area (Å²) in [7, 11) is -3.81. The average molecular weight is 279 g/mol. The van der Waals surface area contributed by atoms with E-state index >= 15 is 0 Å². The van der Waals surface area contributed by atoms with Gasteiger partial charge in [-0.15, -0.1) is 4.67 Å². The van der Waals surface area contributed by atoms with Gasteiger partial charge in [0, 0.05) is 12.9 Å². The van der Waals surface area contributed by atoms with E-state index in [2.05, 4.69) is 14.5 Å². The number of aromatic nitrogens is 2. The lowest BCUT2D eigenvalue weighted by atomic mass is 10.4. The Balaban J connectivity index is 2.68. The molecule has 1 heterocycles. The molecule has 1 aromatic heterocycles. The highest BCUT2D eigenvalue weighted by Crippen LogP contribution is 2.37. The summed E-state index contributed by atoms with van der Waals surface area (Å²) in [6.07, 6.45) is 0.384. The van der Waals surface area contributed by atoms with Gasteiger partial charge in [-0.05, 0) is 6.07 Å². The fourth-order valence-electron chi connectivity index (χ4n) is 1.06.